The van der Waals surface area contributed by atoms with E-state index in [2.05, 4.69) is 16.0 Å². The minimum Gasteiger partial charge on any atom is -0.497 e. The van der Waals surface area contributed by atoms with Gasteiger partial charge in [-0.15, -0.1) is 0 Å². The van der Waals surface area contributed by atoms with Crippen LogP contribution in [0.5, 0.6) is 11.5 Å². The van der Waals surface area contributed by atoms with Gasteiger partial charge in [0.25, 0.3) is 5.91 Å². The highest BCUT2D eigenvalue weighted by Gasteiger charge is 2.10. The number of ether oxygens (including phenoxy) is 2. The van der Waals surface area contributed by atoms with Crippen molar-refractivity contribution in [2.24, 2.45) is 0 Å². The molecular weight excluding hydrogens is 386 g/mol. The van der Waals surface area contributed by atoms with Gasteiger partial charge in [-0.1, -0.05) is 0 Å². The molecular formula is C22H23N3O5. The fourth-order valence-corrected chi connectivity index (χ4v) is 2.71. The number of nitrogens with one attached hydrogen (secondary N) is 3. The van der Waals surface area contributed by atoms with Gasteiger partial charge in [-0.25, -0.2) is 0 Å². The monoisotopic (exact) mass is 409 g/mol. The van der Waals surface area contributed by atoms with Crippen molar-refractivity contribution in [2.45, 2.75) is 6.54 Å². The second-order valence-corrected chi connectivity index (χ2v) is 6.31. The molecule has 8 heteroatoms. The van der Waals surface area contributed by atoms with Gasteiger partial charge in [-0.3, -0.25) is 9.59 Å². The summed E-state index contributed by atoms with van der Waals surface area (Å²) in [5.41, 5.74) is 1.75. The Hall–Kier alpha value is -3.94. The Morgan fingerprint density at radius 2 is 1.80 bits per heavy atom. The molecule has 0 atom stereocenters. The summed E-state index contributed by atoms with van der Waals surface area (Å²) in [4.78, 5) is 24.5. The van der Waals surface area contributed by atoms with E-state index in [0.29, 0.717) is 40.7 Å². The minimum absolute atomic E-state index is 0.0460. The highest BCUT2D eigenvalue weighted by atomic mass is 16.5. The number of hydrogen-bond donors (Lipinski definition) is 3. The van der Waals surface area contributed by atoms with E-state index in [4.69, 9.17) is 13.9 Å². The van der Waals surface area contributed by atoms with Crippen LogP contribution in [-0.2, 0) is 11.3 Å². The Morgan fingerprint density at radius 1 is 1.00 bits per heavy atom. The molecule has 0 radical (unpaired) electrons. The van der Waals surface area contributed by atoms with Gasteiger partial charge in [0.2, 0.25) is 5.91 Å². The Balaban J connectivity index is 1.51. The van der Waals surface area contributed by atoms with E-state index in [0.717, 1.165) is 0 Å². The van der Waals surface area contributed by atoms with Gasteiger partial charge >= 0.3 is 0 Å². The zero-order valence-electron chi connectivity index (χ0n) is 16.7. The molecule has 0 fully saturated rings. The van der Waals surface area contributed by atoms with Gasteiger partial charge in [-0.05, 0) is 48.5 Å². The van der Waals surface area contributed by atoms with Crippen molar-refractivity contribution in [3.05, 3.63) is 72.2 Å². The molecule has 3 N–H and O–H groups in total. The standard InChI is InChI=1S/C22H23N3O5/c1-28-17-9-10-20(29-2)19(12-17)25-21(26)14-23-16-7-5-15(6-8-16)22(27)24-13-18-4-3-11-30-18/h3-12,23H,13-14H2,1-2H3,(H,24,27)(H,25,26). The van der Waals surface area contributed by atoms with Crippen LogP contribution in [-0.4, -0.2) is 32.6 Å². The highest BCUT2D eigenvalue weighted by Crippen LogP contribution is 2.28. The number of carbonyl (C=O) groups is 2. The maximum absolute atomic E-state index is 12.3. The van der Waals surface area contributed by atoms with Gasteiger partial charge in [-0.2, -0.15) is 0 Å². The van der Waals surface area contributed by atoms with Crippen LogP contribution in [0, 0.1) is 0 Å². The van der Waals surface area contributed by atoms with Crippen molar-refractivity contribution in [3.63, 3.8) is 0 Å². The molecule has 0 spiro atoms. The largest absolute Gasteiger partial charge is 0.497 e. The summed E-state index contributed by atoms with van der Waals surface area (Å²) in [7, 11) is 3.08. The number of methoxy groups -OCH3 is 2. The van der Waals surface area contributed by atoms with Crippen LogP contribution < -0.4 is 25.4 Å². The summed E-state index contributed by atoms with van der Waals surface area (Å²) in [6.45, 7) is 0.365. The third kappa shape index (κ3) is 5.54. The summed E-state index contributed by atoms with van der Waals surface area (Å²) in [5, 5.41) is 8.59. The van der Waals surface area contributed by atoms with E-state index in [1.54, 1.807) is 68.0 Å². The van der Waals surface area contributed by atoms with Gasteiger partial charge in [0.05, 0.1) is 39.3 Å². The average Bonchev–Trinajstić information content (AvgIpc) is 3.30. The molecule has 3 rings (SSSR count). The minimum atomic E-state index is -0.248. The van der Waals surface area contributed by atoms with Crippen molar-refractivity contribution in [1.82, 2.24) is 5.32 Å². The average molecular weight is 409 g/mol. The molecule has 1 aromatic heterocycles. The van der Waals surface area contributed by atoms with E-state index >= 15 is 0 Å². The van der Waals surface area contributed by atoms with Crippen LogP contribution >= 0.6 is 0 Å². The number of anilines is 2. The predicted octanol–water partition coefficient (Wildman–Crippen LogP) is 3.28. The summed E-state index contributed by atoms with van der Waals surface area (Å²) < 4.78 is 15.6. The second kappa shape index (κ2) is 10.0. The Kier molecular flexibility index (Phi) is 6.94. The molecule has 0 bridgehead atoms. The molecule has 2 aromatic carbocycles. The first-order valence-electron chi connectivity index (χ1n) is 9.25. The van der Waals surface area contributed by atoms with Crippen LogP contribution in [0.1, 0.15) is 16.1 Å². The lowest BCUT2D eigenvalue weighted by atomic mass is 10.2. The Bertz CT molecular complexity index is 985. The van der Waals surface area contributed by atoms with Crippen LogP contribution in [0.25, 0.3) is 0 Å². The lowest BCUT2D eigenvalue weighted by Gasteiger charge is -2.12. The van der Waals surface area contributed by atoms with Gasteiger partial charge in [0, 0.05) is 17.3 Å². The number of rotatable bonds is 9. The third-order valence-corrected chi connectivity index (χ3v) is 4.28. The number of furan rings is 1. The quantitative estimate of drug-likeness (QED) is 0.501. The summed E-state index contributed by atoms with van der Waals surface area (Å²) in [5.74, 6) is 1.37. The smallest absolute Gasteiger partial charge is 0.251 e. The van der Waals surface area contributed by atoms with E-state index in [1.807, 2.05) is 0 Å². The lowest BCUT2D eigenvalue weighted by molar-refractivity contribution is -0.114. The molecule has 0 unspecified atom stereocenters. The van der Waals surface area contributed by atoms with Gasteiger partial charge in [0.1, 0.15) is 17.3 Å². The van der Waals surface area contributed by atoms with Crippen molar-refractivity contribution >= 4 is 23.2 Å². The van der Waals surface area contributed by atoms with Crippen LogP contribution in [0.15, 0.2) is 65.3 Å². The second-order valence-electron chi connectivity index (χ2n) is 6.31. The summed E-state index contributed by atoms with van der Waals surface area (Å²) in [6.07, 6.45) is 1.56. The first-order chi connectivity index (χ1) is 14.6. The third-order valence-electron chi connectivity index (χ3n) is 4.28. The lowest BCUT2D eigenvalue weighted by Crippen LogP contribution is -2.23. The zero-order valence-corrected chi connectivity index (χ0v) is 16.7. The number of amides is 2. The maximum atomic E-state index is 12.3. The molecule has 0 saturated carbocycles. The Labute approximate surface area is 174 Å². The van der Waals surface area contributed by atoms with E-state index in [1.165, 1.54) is 7.11 Å². The first-order valence-corrected chi connectivity index (χ1v) is 9.25. The molecule has 3 aromatic rings. The van der Waals surface area contributed by atoms with Crippen molar-refractivity contribution < 1.29 is 23.5 Å². The van der Waals surface area contributed by atoms with Crippen LogP contribution in [0.4, 0.5) is 11.4 Å². The van der Waals surface area contributed by atoms with Crippen LogP contribution in [0.3, 0.4) is 0 Å². The fraction of sp³-hybridized carbons (Fsp3) is 0.182. The molecule has 2 amide bonds. The number of hydrogen-bond acceptors (Lipinski definition) is 6. The highest BCUT2D eigenvalue weighted by molar-refractivity contribution is 5.96. The molecule has 0 aliphatic heterocycles. The maximum Gasteiger partial charge on any atom is 0.251 e. The van der Waals surface area contributed by atoms with Crippen LogP contribution in [0.2, 0.25) is 0 Å². The van der Waals surface area contributed by atoms with E-state index < -0.39 is 0 Å². The van der Waals surface area contributed by atoms with Crippen molar-refractivity contribution in [1.29, 1.82) is 0 Å². The first kappa shape index (κ1) is 20.8. The molecule has 156 valence electrons. The van der Waals surface area contributed by atoms with E-state index in [9.17, 15) is 9.59 Å². The van der Waals surface area contributed by atoms with Crippen molar-refractivity contribution in [3.8, 4) is 11.5 Å². The van der Waals surface area contributed by atoms with E-state index in [-0.39, 0.29) is 18.4 Å². The Morgan fingerprint density at radius 3 is 2.47 bits per heavy atom. The normalized spacial score (nSPS) is 10.2. The molecule has 0 aliphatic carbocycles. The molecule has 0 aliphatic rings. The fourth-order valence-electron chi connectivity index (χ4n) is 2.71. The molecule has 0 saturated heterocycles. The topological polar surface area (TPSA) is 102 Å². The zero-order chi connectivity index (χ0) is 21.3. The van der Waals surface area contributed by atoms with Gasteiger partial charge in [0.15, 0.2) is 0 Å². The number of benzene rings is 2. The molecule has 30 heavy (non-hydrogen) atoms. The van der Waals surface area contributed by atoms with Gasteiger partial charge < -0.3 is 29.8 Å². The summed E-state index contributed by atoms with van der Waals surface area (Å²) >= 11 is 0. The molecule has 8 nitrogen and oxygen atoms in total. The number of carbonyl (C=O) groups excluding carboxylic acids is 2. The predicted molar refractivity (Wildman–Crippen MR) is 113 cm³/mol. The summed E-state index contributed by atoms with van der Waals surface area (Å²) in [6, 6.07) is 15.6. The SMILES string of the molecule is COc1ccc(OC)c(NC(=O)CNc2ccc(C(=O)NCc3ccco3)cc2)c1. The van der Waals surface area contributed by atoms with Crippen molar-refractivity contribution in [2.75, 3.05) is 31.4 Å². The molecule has 1 heterocycles.